The number of nitrogens with one attached hydrogen (secondary N) is 2. The fourth-order valence-corrected chi connectivity index (χ4v) is 4.41. The Morgan fingerprint density at radius 3 is 2.56 bits per heavy atom. The summed E-state index contributed by atoms with van der Waals surface area (Å²) in [6.07, 6.45) is 1.80. The van der Waals surface area contributed by atoms with Crippen LogP contribution in [0.3, 0.4) is 0 Å². The van der Waals surface area contributed by atoms with E-state index in [0.717, 1.165) is 44.0 Å². The SMILES string of the molecule is Cc1cc(NC(=O)c2ccc(CN3CCN(c4c[nH]nc4-c4cc(Cl)c(O)cc4O)CC3)cc2)no1. The van der Waals surface area contributed by atoms with Gasteiger partial charge in [0.2, 0.25) is 0 Å². The molecule has 10 nitrogen and oxygen atoms in total. The summed E-state index contributed by atoms with van der Waals surface area (Å²) in [6, 6.07) is 11.9. The van der Waals surface area contributed by atoms with E-state index in [1.165, 1.54) is 12.1 Å². The lowest BCUT2D eigenvalue weighted by molar-refractivity contribution is 0.102. The number of aromatic hydroxyl groups is 2. The number of aromatic nitrogens is 3. The molecule has 0 bridgehead atoms. The van der Waals surface area contributed by atoms with E-state index in [2.05, 4.69) is 30.5 Å². The molecule has 1 saturated heterocycles. The highest BCUT2D eigenvalue weighted by Gasteiger charge is 2.23. The number of hydrogen-bond donors (Lipinski definition) is 4. The smallest absolute Gasteiger partial charge is 0.256 e. The monoisotopic (exact) mass is 508 g/mol. The van der Waals surface area contributed by atoms with Crippen LogP contribution in [-0.2, 0) is 6.54 Å². The maximum atomic E-state index is 12.4. The second kappa shape index (κ2) is 9.92. The van der Waals surface area contributed by atoms with Crippen molar-refractivity contribution in [3.63, 3.8) is 0 Å². The maximum absolute atomic E-state index is 12.4. The number of phenolic OH excluding ortho intramolecular Hbond substituents is 2. The van der Waals surface area contributed by atoms with Gasteiger partial charge in [0.15, 0.2) is 5.82 Å². The minimum atomic E-state index is -0.236. The van der Waals surface area contributed by atoms with Crippen molar-refractivity contribution in [1.29, 1.82) is 0 Å². The van der Waals surface area contributed by atoms with E-state index in [0.29, 0.717) is 28.4 Å². The van der Waals surface area contributed by atoms with Crippen molar-refractivity contribution in [2.45, 2.75) is 13.5 Å². The number of amides is 1. The highest BCUT2D eigenvalue weighted by Crippen LogP contribution is 2.40. The first kappa shape index (κ1) is 23.7. The number of hydrogen-bond acceptors (Lipinski definition) is 8. The van der Waals surface area contributed by atoms with Crippen LogP contribution in [0.1, 0.15) is 21.7 Å². The minimum absolute atomic E-state index is 0.0860. The first-order valence-electron chi connectivity index (χ1n) is 11.4. The van der Waals surface area contributed by atoms with Crippen LogP contribution in [-0.4, -0.2) is 62.6 Å². The van der Waals surface area contributed by atoms with Gasteiger partial charge in [0.25, 0.3) is 5.91 Å². The van der Waals surface area contributed by atoms with Gasteiger partial charge in [0.05, 0.1) is 10.7 Å². The number of rotatable bonds is 6. The number of benzene rings is 2. The van der Waals surface area contributed by atoms with E-state index in [1.54, 1.807) is 31.3 Å². The van der Waals surface area contributed by atoms with Gasteiger partial charge in [-0.3, -0.25) is 14.8 Å². The Morgan fingerprint density at radius 2 is 1.86 bits per heavy atom. The fourth-order valence-electron chi connectivity index (χ4n) is 4.24. The van der Waals surface area contributed by atoms with Crippen LogP contribution in [0.2, 0.25) is 5.02 Å². The Bertz CT molecular complexity index is 1380. The van der Waals surface area contributed by atoms with Gasteiger partial charge in [0, 0.05) is 62.2 Å². The van der Waals surface area contributed by atoms with E-state index in [4.69, 9.17) is 16.1 Å². The quantitative estimate of drug-likeness (QED) is 0.307. The van der Waals surface area contributed by atoms with Crippen LogP contribution >= 0.6 is 11.6 Å². The van der Waals surface area contributed by atoms with Crippen molar-refractivity contribution < 1.29 is 19.5 Å². The van der Waals surface area contributed by atoms with Crippen molar-refractivity contribution in [2.75, 3.05) is 36.4 Å². The molecule has 0 spiro atoms. The van der Waals surface area contributed by atoms with Crippen molar-refractivity contribution >= 4 is 29.0 Å². The molecule has 1 aliphatic heterocycles. The van der Waals surface area contributed by atoms with Crippen molar-refractivity contribution in [3.05, 3.63) is 70.6 Å². The van der Waals surface area contributed by atoms with Crippen LogP contribution in [0, 0.1) is 6.92 Å². The summed E-state index contributed by atoms with van der Waals surface area (Å²) in [5.41, 5.74) is 3.57. The van der Waals surface area contributed by atoms with Crippen LogP contribution < -0.4 is 10.2 Å². The van der Waals surface area contributed by atoms with Gasteiger partial charge >= 0.3 is 0 Å². The molecule has 1 fully saturated rings. The lowest BCUT2D eigenvalue weighted by Crippen LogP contribution is -2.46. The molecule has 186 valence electrons. The second-order valence-corrected chi connectivity index (χ2v) is 9.08. The summed E-state index contributed by atoms with van der Waals surface area (Å²) in [6.45, 7) is 5.75. The number of aromatic amines is 1. The molecule has 3 heterocycles. The Morgan fingerprint density at radius 1 is 1.11 bits per heavy atom. The first-order valence-corrected chi connectivity index (χ1v) is 11.8. The Hall–Kier alpha value is -4.02. The molecule has 0 aliphatic carbocycles. The van der Waals surface area contributed by atoms with Crippen molar-refractivity contribution in [3.8, 4) is 22.8 Å². The van der Waals surface area contributed by atoms with Crippen molar-refractivity contribution in [2.24, 2.45) is 0 Å². The van der Waals surface area contributed by atoms with Gasteiger partial charge in [-0.05, 0) is 30.7 Å². The van der Waals surface area contributed by atoms with Crippen LogP contribution in [0.25, 0.3) is 11.3 Å². The summed E-state index contributed by atoms with van der Waals surface area (Å²) in [5.74, 6) is 0.524. The average Bonchev–Trinajstić information content (AvgIpc) is 3.51. The number of aryl methyl sites for hydroxylation is 1. The molecule has 2 aromatic carbocycles. The lowest BCUT2D eigenvalue weighted by Gasteiger charge is -2.36. The largest absolute Gasteiger partial charge is 0.507 e. The standard InChI is InChI=1S/C25H25ClN6O4/c1-15-10-23(30-36-15)28-25(35)17-4-2-16(3-5-17)14-31-6-8-32(9-7-31)20-13-27-29-24(20)18-11-19(26)22(34)12-21(18)33/h2-5,10-13,33-34H,6-9,14H2,1H3,(H,27,29)(H,28,30,35). The highest BCUT2D eigenvalue weighted by molar-refractivity contribution is 6.32. The van der Waals surface area contributed by atoms with Crippen molar-refractivity contribution in [1.82, 2.24) is 20.3 Å². The van der Waals surface area contributed by atoms with Crippen LogP contribution in [0.4, 0.5) is 11.5 Å². The van der Waals surface area contributed by atoms with E-state index in [1.807, 2.05) is 12.1 Å². The zero-order valence-corrected chi connectivity index (χ0v) is 20.3. The third kappa shape index (κ3) is 5.00. The zero-order valence-electron chi connectivity index (χ0n) is 19.5. The molecule has 0 saturated carbocycles. The zero-order chi connectivity index (χ0) is 25.2. The van der Waals surface area contributed by atoms with Crippen LogP contribution in [0.5, 0.6) is 11.5 Å². The van der Waals surface area contributed by atoms with Gasteiger partial charge < -0.3 is 25.0 Å². The number of nitrogens with zero attached hydrogens (tertiary/aromatic N) is 4. The average molecular weight is 509 g/mol. The normalized spacial score (nSPS) is 14.2. The Labute approximate surface area is 212 Å². The molecular weight excluding hydrogens is 484 g/mol. The number of carbonyl (C=O) groups is 1. The highest BCUT2D eigenvalue weighted by atomic mass is 35.5. The molecule has 4 aromatic rings. The van der Waals surface area contributed by atoms with E-state index in [-0.39, 0.29) is 22.4 Å². The summed E-state index contributed by atoms with van der Waals surface area (Å²) in [5, 5.41) is 33.9. The second-order valence-electron chi connectivity index (χ2n) is 8.68. The Balaban J connectivity index is 1.19. The molecule has 36 heavy (non-hydrogen) atoms. The molecular formula is C25H25ClN6O4. The molecule has 0 atom stereocenters. The summed E-state index contributed by atoms with van der Waals surface area (Å²) < 4.78 is 4.97. The molecule has 11 heteroatoms. The fraction of sp³-hybridized carbons (Fsp3) is 0.240. The van der Waals surface area contributed by atoms with Gasteiger partial charge in [-0.15, -0.1) is 0 Å². The third-order valence-electron chi connectivity index (χ3n) is 6.15. The minimum Gasteiger partial charge on any atom is -0.507 e. The van der Waals surface area contributed by atoms with E-state index < -0.39 is 0 Å². The topological polar surface area (TPSA) is 131 Å². The molecule has 4 N–H and O–H groups in total. The Kier molecular flexibility index (Phi) is 6.53. The third-order valence-corrected chi connectivity index (χ3v) is 6.45. The summed E-state index contributed by atoms with van der Waals surface area (Å²) in [4.78, 5) is 17.0. The number of H-pyrrole nitrogens is 1. The summed E-state index contributed by atoms with van der Waals surface area (Å²) >= 11 is 6.05. The lowest BCUT2D eigenvalue weighted by atomic mass is 10.1. The summed E-state index contributed by atoms with van der Waals surface area (Å²) in [7, 11) is 0. The van der Waals surface area contributed by atoms with Gasteiger partial charge in [-0.1, -0.05) is 28.9 Å². The number of piperazine rings is 1. The number of phenols is 2. The van der Waals surface area contributed by atoms with E-state index >= 15 is 0 Å². The number of carbonyl (C=O) groups excluding carboxylic acids is 1. The molecule has 5 rings (SSSR count). The molecule has 2 aromatic heterocycles. The molecule has 1 aliphatic rings. The molecule has 0 radical (unpaired) electrons. The number of halogens is 1. The molecule has 1 amide bonds. The number of anilines is 2. The van der Waals surface area contributed by atoms with Gasteiger partial charge in [0.1, 0.15) is 23.0 Å². The van der Waals surface area contributed by atoms with Gasteiger partial charge in [-0.25, -0.2) is 0 Å². The van der Waals surface area contributed by atoms with Crippen LogP contribution in [0.15, 0.2) is 53.2 Å². The predicted molar refractivity (Wildman–Crippen MR) is 135 cm³/mol. The maximum Gasteiger partial charge on any atom is 0.256 e. The first-order chi connectivity index (χ1) is 17.4. The van der Waals surface area contributed by atoms with Gasteiger partial charge in [-0.2, -0.15) is 5.10 Å². The predicted octanol–water partition coefficient (Wildman–Crippen LogP) is 4.01. The van der Waals surface area contributed by atoms with E-state index in [9.17, 15) is 15.0 Å². The molecule has 0 unspecified atom stereocenters.